The maximum Gasteiger partial charge on any atom is 0.178 e. The van der Waals surface area contributed by atoms with Crippen LogP contribution in [0, 0.1) is 5.92 Å². The molecule has 26 heavy (non-hydrogen) atoms. The van der Waals surface area contributed by atoms with Gasteiger partial charge in [0.05, 0.1) is 41.7 Å². The second kappa shape index (κ2) is 9.62. The molecular formula is C19H28O6S. The molecule has 7 heteroatoms. The third-order valence-electron chi connectivity index (χ3n) is 4.77. The zero-order valence-corrected chi connectivity index (χ0v) is 15.8. The topological polar surface area (TPSA) is 93.1 Å². The van der Waals surface area contributed by atoms with E-state index in [1.165, 1.54) is 7.11 Å². The van der Waals surface area contributed by atoms with Crippen LogP contribution in [-0.2, 0) is 19.3 Å². The Bertz CT molecular complexity index is 660. The summed E-state index contributed by atoms with van der Waals surface area (Å²) in [6, 6.07) is 8.33. The Kier molecular flexibility index (Phi) is 7.79. The van der Waals surface area contributed by atoms with Gasteiger partial charge in [0.2, 0.25) is 0 Å². The van der Waals surface area contributed by atoms with Crippen LogP contribution in [0.15, 0.2) is 47.9 Å². The second-order valence-corrected chi connectivity index (χ2v) is 8.64. The van der Waals surface area contributed by atoms with Crippen molar-refractivity contribution in [1.82, 2.24) is 0 Å². The van der Waals surface area contributed by atoms with Crippen molar-refractivity contribution in [3.63, 3.8) is 0 Å². The number of ether oxygens (including phenoxy) is 2. The first-order chi connectivity index (χ1) is 12.4. The first-order valence-electron chi connectivity index (χ1n) is 8.78. The number of hydrogen-bond donors (Lipinski definition) is 2. The number of hydrogen-bond acceptors (Lipinski definition) is 6. The summed E-state index contributed by atoms with van der Waals surface area (Å²) in [7, 11) is -1.98. The van der Waals surface area contributed by atoms with Crippen molar-refractivity contribution in [3.8, 4) is 0 Å². The van der Waals surface area contributed by atoms with Crippen molar-refractivity contribution in [2.24, 2.45) is 5.92 Å². The van der Waals surface area contributed by atoms with Gasteiger partial charge in [-0.3, -0.25) is 0 Å². The van der Waals surface area contributed by atoms with Gasteiger partial charge in [-0.05, 0) is 25.0 Å². The molecule has 0 unspecified atom stereocenters. The number of aliphatic hydroxyl groups is 2. The van der Waals surface area contributed by atoms with Gasteiger partial charge in [-0.1, -0.05) is 24.3 Å². The lowest BCUT2D eigenvalue weighted by Gasteiger charge is -2.23. The van der Waals surface area contributed by atoms with Crippen molar-refractivity contribution in [2.75, 3.05) is 19.5 Å². The van der Waals surface area contributed by atoms with Crippen molar-refractivity contribution in [1.29, 1.82) is 0 Å². The summed E-state index contributed by atoms with van der Waals surface area (Å²) in [5.74, 6) is -0.454. The number of benzene rings is 1. The molecular weight excluding hydrogens is 356 g/mol. The standard InChI is InChI=1S/C19H28O6S/c1-3-4-10-17-16(13-26(22,23)15-8-6-5-7-9-15)19(24-2)18(25-17)11-14(21)12-20/h3,5-9,14,16-21H,1,4,10-13H2,2H3/t14-,16-,17-,18+,19+/m0/s1. The SMILES string of the molecule is C=CCC[C@@H]1O[C@H](C[C@H](O)CO)[C@H](OC)[C@H]1CS(=O)(=O)c1ccccc1. The Morgan fingerprint density at radius 3 is 2.58 bits per heavy atom. The third kappa shape index (κ3) is 5.14. The first-order valence-corrected chi connectivity index (χ1v) is 10.4. The molecule has 1 saturated heterocycles. The molecule has 1 heterocycles. The molecule has 1 fully saturated rings. The van der Waals surface area contributed by atoms with Crippen molar-refractivity contribution in [2.45, 2.75) is 48.6 Å². The lowest BCUT2D eigenvalue weighted by molar-refractivity contribution is -0.0409. The van der Waals surface area contributed by atoms with E-state index in [4.69, 9.17) is 14.6 Å². The maximum absolute atomic E-state index is 12.8. The smallest absolute Gasteiger partial charge is 0.178 e. The molecule has 0 spiro atoms. The molecule has 2 N–H and O–H groups in total. The molecule has 0 bridgehead atoms. The van der Waals surface area contributed by atoms with Crippen LogP contribution < -0.4 is 0 Å². The van der Waals surface area contributed by atoms with Crippen LogP contribution in [0.4, 0.5) is 0 Å². The molecule has 0 aliphatic carbocycles. The van der Waals surface area contributed by atoms with E-state index in [-0.39, 0.29) is 35.7 Å². The number of rotatable bonds is 10. The van der Waals surface area contributed by atoms with Gasteiger partial charge in [-0.15, -0.1) is 6.58 Å². The Balaban J connectivity index is 2.23. The van der Waals surface area contributed by atoms with E-state index in [1.54, 1.807) is 36.4 Å². The molecule has 0 saturated carbocycles. The van der Waals surface area contributed by atoms with Crippen LogP contribution in [0.1, 0.15) is 19.3 Å². The van der Waals surface area contributed by atoms with Crippen molar-refractivity contribution >= 4 is 9.84 Å². The summed E-state index contributed by atoms with van der Waals surface area (Å²) >= 11 is 0. The highest BCUT2D eigenvalue weighted by molar-refractivity contribution is 7.91. The Morgan fingerprint density at radius 1 is 1.31 bits per heavy atom. The molecule has 0 radical (unpaired) electrons. The van der Waals surface area contributed by atoms with E-state index in [0.29, 0.717) is 12.8 Å². The molecule has 6 nitrogen and oxygen atoms in total. The van der Waals surface area contributed by atoms with Gasteiger partial charge in [0.15, 0.2) is 9.84 Å². The summed E-state index contributed by atoms with van der Waals surface area (Å²) in [5, 5.41) is 18.9. The molecule has 1 aromatic rings. The van der Waals surface area contributed by atoms with Gasteiger partial charge in [0.25, 0.3) is 0 Å². The third-order valence-corrected chi connectivity index (χ3v) is 6.59. The van der Waals surface area contributed by atoms with E-state index in [1.807, 2.05) is 0 Å². The van der Waals surface area contributed by atoms with Gasteiger partial charge in [-0.2, -0.15) is 0 Å². The summed E-state index contributed by atoms with van der Waals surface area (Å²) in [6.45, 7) is 3.34. The monoisotopic (exact) mass is 384 g/mol. The summed E-state index contributed by atoms with van der Waals surface area (Å²) in [6.07, 6.45) is 1.11. The minimum Gasteiger partial charge on any atom is -0.394 e. The van der Waals surface area contributed by atoms with Gasteiger partial charge < -0.3 is 19.7 Å². The van der Waals surface area contributed by atoms with E-state index in [2.05, 4.69) is 6.58 Å². The molecule has 1 aliphatic rings. The maximum atomic E-state index is 12.8. The first kappa shape index (κ1) is 21.1. The molecule has 1 aromatic carbocycles. The van der Waals surface area contributed by atoms with E-state index < -0.39 is 28.1 Å². The lowest BCUT2D eigenvalue weighted by atomic mass is 9.93. The van der Waals surface area contributed by atoms with Crippen LogP contribution in [0.3, 0.4) is 0 Å². The zero-order valence-electron chi connectivity index (χ0n) is 15.0. The molecule has 2 rings (SSSR count). The molecule has 146 valence electrons. The van der Waals surface area contributed by atoms with Gasteiger partial charge in [-0.25, -0.2) is 8.42 Å². The van der Waals surface area contributed by atoms with Gasteiger partial charge in [0.1, 0.15) is 0 Å². The summed E-state index contributed by atoms with van der Waals surface area (Å²) in [4.78, 5) is 0.274. The van der Waals surface area contributed by atoms with Crippen LogP contribution in [0.5, 0.6) is 0 Å². The normalized spacial score (nSPS) is 27.3. The van der Waals surface area contributed by atoms with Crippen LogP contribution in [0.25, 0.3) is 0 Å². The Labute approximate surface area is 155 Å². The quantitative estimate of drug-likeness (QED) is 0.595. The van der Waals surface area contributed by atoms with E-state index in [9.17, 15) is 13.5 Å². The van der Waals surface area contributed by atoms with Crippen LogP contribution >= 0.6 is 0 Å². The highest BCUT2D eigenvalue weighted by Crippen LogP contribution is 2.36. The fraction of sp³-hybridized carbons (Fsp3) is 0.579. The van der Waals surface area contributed by atoms with Gasteiger partial charge >= 0.3 is 0 Å². The number of methoxy groups -OCH3 is 1. The Morgan fingerprint density at radius 2 is 2.00 bits per heavy atom. The molecule has 1 aliphatic heterocycles. The number of sulfone groups is 1. The average molecular weight is 384 g/mol. The number of aliphatic hydroxyl groups excluding tert-OH is 2. The summed E-state index contributed by atoms with van der Waals surface area (Å²) in [5.41, 5.74) is 0. The minimum absolute atomic E-state index is 0.0942. The van der Waals surface area contributed by atoms with Crippen molar-refractivity contribution < 1.29 is 28.1 Å². The molecule has 5 atom stereocenters. The predicted molar refractivity (Wildman–Crippen MR) is 98.6 cm³/mol. The van der Waals surface area contributed by atoms with Crippen molar-refractivity contribution in [3.05, 3.63) is 43.0 Å². The van der Waals surface area contributed by atoms with E-state index >= 15 is 0 Å². The highest BCUT2D eigenvalue weighted by atomic mass is 32.2. The predicted octanol–water partition coefficient (Wildman–Crippen LogP) is 1.57. The molecule has 0 amide bonds. The van der Waals surface area contributed by atoms with Crippen LogP contribution in [-0.4, -0.2) is 62.5 Å². The zero-order chi connectivity index (χ0) is 19.2. The largest absolute Gasteiger partial charge is 0.394 e. The lowest BCUT2D eigenvalue weighted by Crippen LogP contribution is -2.36. The fourth-order valence-corrected chi connectivity index (χ4v) is 5.17. The average Bonchev–Trinajstić information content (AvgIpc) is 2.95. The number of allylic oxidation sites excluding steroid dienone is 1. The molecule has 0 aromatic heterocycles. The second-order valence-electron chi connectivity index (χ2n) is 6.61. The minimum atomic E-state index is -3.50. The summed E-state index contributed by atoms with van der Waals surface area (Å²) < 4.78 is 37.3. The Hall–Kier alpha value is -1.25. The fourth-order valence-electron chi connectivity index (χ4n) is 3.49. The highest BCUT2D eigenvalue weighted by Gasteiger charge is 2.46. The van der Waals surface area contributed by atoms with Gasteiger partial charge in [0, 0.05) is 19.4 Å². The van der Waals surface area contributed by atoms with E-state index in [0.717, 1.165) is 0 Å². The van der Waals surface area contributed by atoms with Crippen LogP contribution in [0.2, 0.25) is 0 Å².